The van der Waals surface area contributed by atoms with Crippen LogP contribution >= 0.6 is 11.6 Å². The topological polar surface area (TPSA) is 96.8 Å². The van der Waals surface area contributed by atoms with E-state index < -0.39 is 29.9 Å². The number of ether oxygens (including phenoxy) is 1. The molecular weight excluding hydrogens is 535 g/mol. The van der Waals surface area contributed by atoms with Gasteiger partial charge in [0.25, 0.3) is 5.91 Å². The molecule has 3 aromatic rings. The highest BCUT2D eigenvalue weighted by molar-refractivity contribution is 6.30. The first-order valence-corrected chi connectivity index (χ1v) is 12.4. The van der Waals surface area contributed by atoms with E-state index in [-0.39, 0.29) is 29.8 Å². The smallest absolute Gasteiger partial charge is 0.451 e. The number of nitrogens with zero attached hydrogens (tertiary/aromatic N) is 4. The number of anilines is 1. The molecule has 0 aliphatic carbocycles. The first-order valence-electron chi connectivity index (χ1n) is 12.0. The second kappa shape index (κ2) is 11.4. The summed E-state index contributed by atoms with van der Waals surface area (Å²) < 4.78 is 45.6. The summed E-state index contributed by atoms with van der Waals surface area (Å²) in [5.74, 6) is -4.01. The van der Waals surface area contributed by atoms with Crippen molar-refractivity contribution >= 4 is 35.0 Å². The molecule has 0 bridgehead atoms. The molecule has 2 heterocycles. The van der Waals surface area contributed by atoms with E-state index in [4.69, 9.17) is 16.3 Å². The highest BCUT2D eigenvalue weighted by Gasteiger charge is 2.39. The fraction of sp³-hybridized carbons (Fsp3) is 0.296. The summed E-state index contributed by atoms with van der Waals surface area (Å²) in [6, 6.07) is 15.2. The molecule has 12 heteroatoms. The minimum absolute atomic E-state index is 0.0984. The van der Waals surface area contributed by atoms with Crippen LogP contribution in [0.5, 0.6) is 0 Å². The van der Waals surface area contributed by atoms with Gasteiger partial charge in [0.05, 0.1) is 19.4 Å². The lowest BCUT2D eigenvalue weighted by atomic mass is 9.90. The van der Waals surface area contributed by atoms with Gasteiger partial charge in [0.1, 0.15) is 11.6 Å². The summed E-state index contributed by atoms with van der Waals surface area (Å²) in [6.45, 7) is 3.49. The lowest BCUT2D eigenvalue weighted by Gasteiger charge is -2.22. The van der Waals surface area contributed by atoms with Gasteiger partial charge in [0.2, 0.25) is 5.82 Å². The fourth-order valence-electron chi connectivity index (χ4n) is 4.17. The van der Waals surface area contributed by atoms with Crippen molar-refractivity contribution in [1.29, 1.82) is 0 Å². The van der Waals surface area contributed by atoms with Crippen LogP contribution in [0.3, 0.4) is 0 Å². The Kier molecular flexibility index (Phi) is 8.19. The van der Waals surface area contributed by atoms with Crippen LogP contribution in [0.1, 0.15) is 47.1 Å². The molecular formula is C27H25ClF3N5O3. The predicted molar refractivity (Wildman–Crippen MR) is 140 cm³/mol. The Bertz CT molecular complexity index is 1380. The normalized spacial score (nSPS) is 16.2. The Labute approximate surface area is 227 Å². The maximum atomic E-state index is 13.6. The van der Waals surface area contributed by atoms with Crippen molar-refractivity contribution in [3.05, 3.63) is 88.3 Å². The molecule has 1 aromatic heterocycles. The van der Waals surface area contributed by atoms with Gasteiger partial charge in [-0.1, -0.05) is 67.9 Å². The highest BCUT2D eigenvalue weighted by Crippen LogP contribution is 2.35. The summed E-state index contributed by atoms with van der Waals surface area (Å²) in [4.78, 5) is 32.6. The van der Waals surface area contributed by atoms with Gasteiger partial charge in [-0.25, -0.2) is 19.8 Å². The molecule has 204 valence electrons. The molecule has 0 saturated heterocycles. The molecule has 1 aliphatic rings. The molecule has 1 aliphatic heterocycles. The number of carbonyl (C=O) groups excluding carboxylic acids is 2. The lowest BCUT2D eigenvalue weighted by molar-refractivity contribution is -0.145. The zero-order valence-corrected chi connectivity index (χ0v) is 22.0. The van der Waals surface area contributed by atoms with E-state index in [0.717, 1.165) is 11.8 Å². The molecule has 2 aromatic carbocycles. The van der Waals surface area contributed by atoms with Crippen molar-refractivity contribution in [3.63, 3.8) is 0 Å². The van der Waals surface area contributed by atoms with Crippen LogP contribution in [-0.4, -0.2) is 47.3 Å². The number of alkyl halides is 3. The first kappa shape index (κ1) is 28.0. The number of halogens is 4. The molecule has 8 nitrogen and oxygen atoms in total. The SMILES string of the molecule is COC(=O)C(NC(=O)c1cnc(C(F)(F)F)nc1N1CC(c2ccccc2)C(c2ccc(Cl)cc2)=N1)C(C)C. The van der Waals surface area contributed by atoms with Crippen LogP contribution in [0.15, 0.2) is 65.9 Å². The number of rotatable bonds is 7. The Morgan fingerprint density at radius 1 is 1.10 bits per heavy atom. The zero-order chi connectivity index (χ0) is 28.3. The van der Waals surface area contributed by atoms with Crippen LogP contribution in [-0.2, 0) is 15.7 Å². The Morgan fingerprint density at radius 2 is 1.77 bits per heavy atom. The van der Waals surface area contributed by atoms with Crippen LogP contribution in [0, 0.1) is 5.92 Å². The molecule has 39 heavy (non-hydrogen) atoms. The lowest BCUT2D eigenvalue weighted by Crippen LogP contribution is -2.45. The average Bonchev–Trinajstić information content (AvgIpc) is 3.36. The zero-order valence-electron chi connectivity index (χ0n) is 21.2. The summed E-state index contributed by atoms with van der Waals surface area (Å²) >= 11 is 6.06. The molecule has 0 fully saturated rings. The van der Waals surface area contributed by atoms with Gasteiger partial charge in [-0.15, -0.1) is 0 Å². The molecule has 0 saturated carbocycles. The molecule has 2 atom stereocenters. The quantitative estimate of drug-likeness (QED) is 0.405. The third-order valence-electron chi connectivity index (χ3n) is 6.18. The van der Waals surface area contributed by atoms with Gasteiger partial charge in [-0.05, 0) is 29.2 Å². The predicted octanol–water partition coefficient (Wildman–Crippen LogP) is 5.08. The maximum absolute atomic E-state index is 13.6. The van der Waals surface area contributed by atoms with Crippen molar-refractivity contribution in [2.45, 2.75) is 32.0 Å². The third-order valence-corrected chi connectivity index (χ3v) is 6.43. The van der Waals surface area contributed by atoms with E-state index in [1.807, 2.05) is 30.3 Å². The van der Waals surface area contributed by atoms with Crippen molar-refractivity contribution in [3.8, 4) is 0 Å². The van der Waals surface area contributed by atoms with Gasteiger partial charge in [0, 0.05) is 17.1 Å². The number of esters is 1. The van der Waals surface area contributed by atoms with E-state index in [9.17, 15) is 22.8 Å². The molecule has 1 amide bonds. The number of carbonyl (C=O) groups is 2. The van der Waals surface area contributed by atoms with Crippen LogP contribution < -0.4 is 10.3 Å². The largest absolute Gasteiger partial charge is 0.467 e. The Hall–Kier alpha value is -3.99. The Morgan fingerprint density at radius 3 is 2.36 bits per heavy atom. The summed E-state index contributed by atoms with van der Waals surface area (Å²) in [7, 11) is 1.18. The number of hydrazone groups is 1. The van der Waals surface area contributed by atoms with E-state index >= 15 is 0 Å². The van der Waals surface area contributed by atoms with Crippen LogP contribution in [0.2, 0.25) is 5.02 Å². The van der Waals surface area contributed by atoms with Gasteiger partial charge in [0.15, 0.2) is 5.82 Å². The molecule has 0 spiro atoms. The Balaban J connectivity index is 1.81. The minimum atomic E-state index is -4.86. The van der Waals surface area contributed by atoms with Crippen molar-refractivity contribution in [2.75, 3.05) is 18.7 Å². The molecule has 4 rings (SSSR count). The number of nitrogens with one attached hydrogen (secondary N) is 1. The van der Waals surface area contributed by atoms with Crippen molar-refractivity contribution in [1.82, 2.24) is 15.3 Å². The number of hydrogen-bond donors (Lipinski definition) is 1. The molecule has 1 N–H and O–H groups in total. The summed E-state index contributed by atoms with van der Waals surface area (Å²) in [5.41, 5.74) is 1.87. The van der Waals surface area contributed by atoms with E-state index in [0.29, 0.717) is 16.3 Å². The number of amides is 1. The maximum Gasteiger partial charge on any atom is 0.451 e. The molecule has 0 radical (unpaired) electrons. The van der Waals surface area contributed by atoms with Gasteiger partial charge >= 0.3 is 12.1 Å². The minimum Gasteiger partial charge on any atom is -0.467 e. The number of hydrogen-bond acceptors (Lipinski definition) is 7. The first-order chi connectivity index (χ1) is 18.5. The van der Waals surface area contributed by atoms with Crippen molar-refractivity contribution in [2.24, 2.45) is 11.0 Å². The number of methoxy groups -OCH3 is 1. The van der Waals surface area contributed by atoms with Crippen LogP contribution in [0.25, 0.3) is 0 Å². The second-order valence-electron chi connectivity index (χ2n) is 9.18. The monoisotopic (exact) mass is 559 g/mol. The van der Waals surface area contributed by atoms with E-state index in [2.05, 4.69) is 20.4 Å². The van der Waals surface area contributed by atoms with Gasteiger partial charge < -0.3 is 10.1 Å². The van der Waals surface area contributed by atoms with Crippen molar-refractivity contribution < 1.29 is 27.5 Å². The standard InChI is InChI=1S/C27H25ClF3N5O3/c1-15(2)21(25(38)39-3)33-24(37)19-13-32-26(27(29,30)31)34-23(19)36-14-20(16-7-5-4-6-8-16)22(35-36)17-9-11-18(28)12-10-17/h4-13,15,20-21H,14H2,1-3H3,(H,33,37). The van der Waals surface area contributed by atoms with Gasteiger partial charge in [-0.2, -0.15) is 18.3 Å². The number of aromatic nitrogens is 2. The van der Waals surface area contributed by atoms with E-state index in [1.54, 1.807) is 38.1 Å². The average molecular weight is 560 g/mol. The van der Waals surface area contributed by atoms with Gasteiger partial charge in [-0.3, -0.25) is 4.79 Å². The second-order valence-corrected chi connectivity index (χ2v) is 9.62. The molecule has 2 unspecified atom stereocenters. The summed E-state index contributed by atoms with van der Waals surface area (Å²) in [6.07, 6.45) is -4.07. The summed E-state index contributed by atoms with van der Waals surface area (Å²) in [5, 5.41) is 8.93. The van der Waals surface area contributed by atoms with E-state index in [1.165, 1.54) is 12.1 Å². The third kappa shape index (κ3) is 6.19. The fourth-order valence-corrected chi connectivity index (χ4v) is 4.30. The highest BCUT2D eigenvalue weighted by atomic mass is 35.5. The van der Waals surface area contributed by atoms with Crippen LogP contribution in [0.4, 0.5) is 19.0 Å². The number of benzene rings is 2.